The van der Waals surface area contributed by atoms with Crippen LogP contribution in [0.25, 0.3) is 0 Å². The molecule has 1 amide bonds. The number of para-hydroxylation sites is 2. The van der Waals surface area contributed by atoms with Crippen molar-refractivity contribution in [2.75, 3.05) is 4.90 Å². The number of amides is 1. The average Bonchev–Trinajstić information content (AvgIpc) is 3.09. The summed E-state index contributed by atoms with van der Waals surface area (Å²) in [5, 5.41) is 1.15. The van der Waals surface area contributed by atoms with Crippen LogP contribution in [-0.2, 0) is 17.9 Å². The third kappa shape index (κ3) is 5.65. The molecule has 4 heteroatoms. The predicted octanol–water partition coefficient (Wildman–Crippen LogP) is 7.14. The molecule has 43 heavy (non-hydrogen) atoms. The van der Waals surface area contributed by atoms with E-state index in [4.69, 9.17) is 6.42 Å². The first-order chi connectivity index (χ1) is 21.2. The van der Waals surface area contributed by atoms with Gasteiger partial charge in [0.1, 0.15) is 0 Å². The van der Waals surface area contributed by atoms with E-state index < -0.39 is 23.1 Å². The van der Waals surface area contributed by atoms with E-state index in [1.54, 1.807) is 4.90 Å². The van der Waals surface area contributed by atoms with Crippen LogP contribution in [0.5, 0.6) is 0 Å². The topological polar surface area (TPSA) is 20.3 Å². The van der Waals surface area contributed by atoms with Crippen LogP contribution in [-0.4, -0.2) is 5.91 Å². The standard InChI is InChI=1S/C19H14NO.C18H15P.C2H.Au/c21-19(16-10-4-1-5-11-16)20(17-12-6-2-7-13-17)18-14-8-3-9-15-18;1-4-10-16(11-5-1)19(17-12-6-2-7-13-17)18-14-8-3-9-15-18;1-2;/h1-4,6-15H;1-15H;1H;/q;;;-1/p+1. The molecule has 0 aliphatic carbocycles. The number of carbonyl (C=O) groups is 1. The van der Waals surface area contributed by atoms with Crippen LogP contribution in [0.1, 0.15) is 10.4 Å². The van der Waals surface area contributed by atoms with Gasteiger partial charge in [-0.25, -0.2) is 0 Å². The van der Waals surface area contributed by atoms with Crippen LogP contribution in [0.15, 0.2) is 176 Å². The van der Waals surface area contributed by atoms with Crippen molar-refractivity contribution in [3.63, 3.8) is 0 Å². The zero-order valence-electron chi connectivity index (χ0n) is 23.5. The number of rotatable bonds is 8. The Kier molecular flexibility index (Phi) is 8.80. The first-order valence-corrected chi connectivity index (χ1v) is 21.2. The van der Waals surface area contributed by atoms with Gasteiger partial charge < -0.3 is 0 Å². The molecular formula is C39H31AuNOP. The second-order valence-electron chi connectivity index (χ2n) is 9.79. The van der Waals surface area contributed by atoms with Gasteiger partial charge in [0.15, 0.2) is 0 Å². The molecule has 2 nitrogen and oxygen atoms in total. The Morgan fingerprint density at radius 2 is 0.930 bits per heavy atom. The summed E-state index contributed by atoms with van der Waals surface area (Å²) in [4.78, 5) is 16.2. The van der Waals surface area contributed by atoms with Gasteiger partial charge in [-0.15, -0.1) is 0 Å². The maximum atomic E-state index is 14.4. The zero-order chi connectivity index (χ0) is 29.5. The Morgan fingerprint density at radius 1 is 0.535 bits per heavy atom. The Balaban J connectivity index is 1.54. The molecule has 214 valence electrons. The van der Waals surface area contributed by atoms with Gasteiger partial charge in [-0.2, -0.15) is 0 Å². The summed E-state index contributed by atoms with van der Waals surface area (Å²) >= 11 is -2.39. The van der Waals surface area contributed by atoms with Crippen LogP contribution in [0, 0.1) is 10.6 Å². The number of hydrogen-bond acceptors (Lipinski definition) is 1. The summed E-state index contributed by atoms with van der Waals surface area (Å²) in [7, 11) is 0. The Hall–Kier alpha value is -4.48. The Morgan fingerprint density at radius 3 is 1.33 bits per heavy atom. The van der Waals surface area contributed by atoms with Crippen molar-refractivity contribution in [2.24, 2.45) is 0 Å². The maximum absolute atomic E-state index is 14.4. The summed E-state index contributed by atoms with van der Waals surface area (Å²) in [6.45, 7) is 0. The summed E-state index contributed by atoms with van der Waals surface area (Å²) in [6.07, 6.45) is 6.63. The molecule has 0 heterocycles. The molecule has 0 bridgehead atoms. The van der Waals surface area contributed by atoms with Crippen molar-refractivity contribution in [1.82, 2.24) is 0 Å². The van der Waals surface area contributed by atoms with E-state index in [0.29, 0.717) is 5.56 Å². The van der Waals surface area contributed by atoms with E-state index in [1.807, 2.05) is 72.8 Å². The molecule has 0 saturated heterocycles. The van der Waals surface area contributed by atoms with Gasteiger partial charge in [0, 0.05) is 0 Å². The summed E-state index contributed by atoms with van der Waals surface area (Å²) in [5.41, 5.74) is 2.26. The van der Waals surface area contributed by atoms with Crippen LogP contribution in [0.4, 0.5) is 11.4 Å². The molecule has 0 spiro atoms. The molecule has 0 unspecified atom stereocenters. The normalized spacial score (nSPS) is 11.7. The number of hydrogen-bond donors (Lipinski definition) is 0. The van der Waals surface area contributed by atoms with Gasteiger partial charge >= 0.3 is 262 Å². The first-order valence-electron chi connectivity index (χ1n) is 14.0. The van der Waals surface area contributed by atoms with Crippen LogP contribution < -0.4 is 24.6 Å². The second-order valence-corrected chi connectivity index (χ2v) is 23.6. The second kappa shape index (κ2) is 13.2. The number of terminal acetylenes is 1. The molecule has 0 fully saturated rings. The minimum atomic E-state index is -2.72. The predicted molar refractivity (Wildman–Crippen MR) is 181 cm³/mol. The van der Waals surface area contributed by atoms with Crippen molar-refractivity contribution >= 4 is 42.1 Å². The molecule has 0 atom stereocenters. The molecule has 6 aromatic carbocycles. The first kappa shape index (κ1) is 28.6. The fourth-order valence-corrected chi connectivity index (χ4v) is 24.6. The monoisotopic (exact) mass is 757 g/mol. The zero-order valence-corrected chi connectivity index (χ0v) is 26.6. The molecule has 6 rings (SSSR count). The minimum absolute atomic E-state index is 0.0861. The van der Waals surface area contributed by atoms with Gasteiger partial charge in [0.25, 0.3) is 0 Å². The van der Waals surface area contributed by atoms with Gasteiger partial charge in [0.2, 0.25) is 0 Å². The van der Waals surface area contributed by atoms with E-state index in [-0.39, 0.29) is 5.91 Å². The fourth-order valence-electron chi connectivity index (χ4n) is 5.34. The number of nitrogens with zero attached hydrogens (tertiary/aromatic N) is 1. The van der Waals surface area contributed by atoms with Gasteiger partial charge in [0.05, 0.1) is 0 Å². The molecule has 6 aromatic rings. The summed E-state index contributed by atoms with van der Waals surface area (Å²) in [6, 6.07) is 60.1. The molecule has 0 aromatic heterocycles. The Bertz CT molecular complexity index is 1700. The average molecular weight is 758 g/mol. The number of benzene rings is 6. The fraction of sp³-hybridized carbons (Fsp3) is 0. The van der Waals surface area contributed by atoms with Crippen molar-refractivity contribution in [3.8, 4) is 10.6 Å². The SMILES string of the molecule is C#[C][Au]([c]1cccc(C(=O)N(c2ccccc2)c2ccccc2)c1)[PH](c1ccccc1)(c1ccccc1)c1ccccc1. The molecule has 0 saturated carbocycles. The van der Waals surface area contributed by atoms with Gasteiger partial charge in [-0.1, -0.05) is 0 Å². The molecule has 0 N–H and O–H groups in total. The van der Waals surface area contributed by atoms with Gasteiger partial charge in [-0.3, -0.25) is 0 Å². The van der Waals surface area contributed by atoms with Crippen molar-refractivity contribution in [1.29, 1.82) is 0 Å². The third-order valence-corrected chi connectivity index (χ3v) is 26.1. The van der Waals surface area contributed by atoms with E-state index in [0.717, 1.165) is 15.2 Å². The quantitative estimate of drug-likeness (QED) is 0.0920. The van der Waals surface area contributed by atoms with Crippen molar-refractivity contribution < 1.29 is 22.7 Å². The molecule has 0 radical (unpaired) electrons. The van der Waals surface area contributed by atoms with Crippen molar-refractivity contribution in [2.45, 2.75) is 0 Å². The van der Waals surface area contributed by atoms with Gasteiger partial charge in [-0.05, 0) is 0 Å². The van der Waals surface area contributed by atoms with Crippen LogP contribution in [0.3, 0.4) is 0 Å². The number of carbonyl (C=O) groups excluding carboxylic acids is 1. The molecular weight excluding hydrogens is 726 g/mol. The third-order valence-electron chi connectivity index (χ3n) is 7.22. The number of anilines is 2. The molecule has 0 aliphatic rings. The van der Waals surface area contributed by atoms with E-state index >= 15 is 0 Å². The summed E-state index contributed by atoms with van der Waals surface area (Å²) < 4.78 is 4.50. The Labute approximate surface area is 260 Å². The van der Waals surface area contributed by atoms with Crippen LogP contribution >= 0.6 is 5.15 Å². The van der Waals surface area contributed by atoms with E-state index in [9.17, 15) is 4.79 Å². The molecule has 0 aliphatic heterocycles. The van der Waals surface area contributed by atoms with E-state index in [1.165, 1.54) is 15.9 Å². The summed E-state index contributed by atoms with van der Waals surface area (Å²) in [5.74, 6) is -0.0861. The van der Waals surface area contributed by atoms with Crippen molar-refractivity contribution in [3.05, 3.63) is 181 Å². The van der Waals surface area contributed by atoms with Crippen LogP contribution in [0.2, 0.25) is 0 Å². The van der Waals surface area contributed by atoms with E-state index in [2.05, 4.69) is 107 Å².